The molecular formula is C16H16O. The van der Waals surface area contributed by atoms with Gasteiger partial charge in [-0.1, -0.05) is 55.1 Å². The highest BCUT2D eigenvalue weighted by Gasteiger charge is 1.92. The van der Waals surface area contributed by atoms with Crippen LogP contribution in [0.1, 0.15) is 12.0 Å². The van der Waals surface area contributed by atoms with Crippen molar-refractivity contribution < 1.29 is 4.74 Å². The molecule has 0 saturated carbocycles. The molecule has 17 heavy (non-hydrogen) atoms. The van der Waals surface area contributed by atoms with Gasteiger partial charge in [-0.25, -0.2) is 0 Å². The molecular weight excluding hydrogens is 208 g/mol. The van der Waals surface area contributed by atoms with Gasteiger partial charge < -0.3 is 4.74 Å². The molecule has 2 aromatic rings. The first-order chi connectivity index (χ1) is 8.40. The predicted molar refractivity (Wildman–Crippen MR) is 73.7 cm³/mol. The first-order valence-corrected chi connectivity index (χ1v) is 5.78. The van der Waals surface area contributed by atoms with E-state index in [2.05, 4.69) is 61.2 Å². The molecule has 2 rings (SSSR count). The zero-order valence-corrected chi connectivity index (χ0v) is 9.80. The van der Waals surface area contributed by atoms with Crippen LogP contribution in [0.25, 0.3) is 16.8 Å². The van der Waals surface area contributed by atoms with Crippen LogP contribution >= 0.6 is 0 Å². The highest BCUT2D eigenvalue weighted by Crippen LogP contribution is 2.16. The number of hydrogen-bond donors (Lipinski definition) is 0. The Kier molecular flexibility index (Phi) is 3.98. The van der Waals surface area contributed by atoms with Crippen molar-refractivity contribution in [1.82, 2.24) is 0 Å². The molecule has 0 radical (unpaired) electrons. The molecule has 0 amide bonds. The summed E-state index contributed by atoms with van der Waals surface area (Å²) in [5.74, 6) is 0. The average molecular weight is 224 g/mol. The van der Waals surface area contributed by atoms with Crippen LogP contribution in [0.3, 0.4) is 0 Å². The van der Waals surface area contributed by atoms with Gasteiger partial charge in [0.15, 0.2) is 0 Å². The van der Waals surface area contributed by atoms with Crippen molar-refractivity contribution in [2.45, 2.75) is 6.42 Å². The van der Waals surface area contributed by atoms with E-state index in [0.717, 1.165) is 6.42 Å². The van der Waals surface area contributed by atoms with Gasteiger partial charge in [-0.2, -0.15) is 0 Å². The molecule has 0 aliphatic rings. The number of ether oxygens (including phenoxy) is 1. The van der Waals surface area contributed by atoms with E-state index in [1.807, 2.05) is 0 Å². The number of fused-ring (bicyclic) bond motifs is 1. The summed E-state index contributed by atoms with van der Waals surface area (Å²) >= 11 is 0. The Morgan fingerprint density at radius 1 is 1.06 bits per heavy atom. The molecule has 1 heteroatoms. The number of rotatable bonds is 5. The summed E-state index contributed by atoms with van der Waals surface area (Å²) in [6.45, 7) is 4.19. The summed E-state index contributed by atoms with van der Waals surface area (Å²) in [6, 6.07) is 14.9. The van der Waals surface area contributed by atoms with Gasteiger partial charge in [-0.3, -0.25) is 0 Å². The third-order valence-corrected chi connectivity index (χ3v) is 2.60. The van der Waals surface area contributed by atoms with E-state index in [-0.39, 0.29) is 0 Å². The number of hydrogen-bond acceptors (Lipinski definition) is 1. The Balaban J connectivity index is 2.06. The van der Waals surface area contributed by atoms with E-state index in [0.29, 0.717) is 6.61 Å². The SMILES string of the molecule is C=COCC/C=C/c1ccc2ccccc2c1. The fourth-order valence-corrected chi connectivity index (χ4v) is 1.75. The second-order valence-electron chi connectivity index (χ2n) is 3.84. The predicted octanol–water partition coefficient (Wildman–Crippen LogP) is 4.40. The molecule has 2 aromatic carbocycles. The first-order valence-electron chi connectivity index (χ1n) is 5.78. The standard InChI is InChI=1S/C16H16O/c1-2-17-12-6-5-7-14-10-11-15-8-3-4-9-16(15)13-14/h2-5,7-11,13H,1,6,12H2/b7-5+. The van der Waals surface area contributed by atoms with Crippen molar-refractivity contribution in [3.63, 3.8) is 0 Å². The van der Waals surface area contributed by atoms with Gasteiger partial charge in [0.25, 0.3) is 0 Å². The van der Waals surface area contributed by atoms with Crippen LogP contribution in [0.2, 0.25) is 0 Å². The summed E-state index contributed by atoms with van der Waals surface area (Å²) in [5, 5.41) is 2.55. The van der Waals surface area contributed by atoms with Crippen molar-refractivity contribution in [2.75, 3.05) is 6.61 Å². The van der Waals surface area contributed by atoms with Crippen molar-refractivity contribution >= 4 is 16.8 Å². The maximum absolute atomic E-state index is 5.05. The maximum atomic E-state index is 5.05. The van der Waals surface area contributed by atoms with E-state index in [1.165, 1.54) is 22.6 Å². The van der Waals surface area contributed by atoms with Gasteiger partial charge in [0.2, 0.25) is 0 Å². The lowest BCUT2D eigenvalue weighted by atomic mass is 10.1. The quantitative estimate of drug-likeness (QED) is 0.540. The van der Waals surface area contributed by atoms with E-state index in [1.54, 1.807) is 0 Å². The minimum Gasteiger partial charge on any atom is -0.501 e. The van der Waals surface area contributed by atoms with Crippen molar-refractivity contribution in [3.8, 4) is 0 Å². The highest BCUT2D eigenvalue weighted by atomic mass is 16.5. The Labute approximate surface area is 102 Å². The molecule has 1 nitrogen and oxygen atoms in total. The lowest BCUT2D eigenvalue weighted by Gasteiger charge is -1.99. The third-order valence-electron chi connectivity index (χ3n) is 2.60. The molecule has 0 fully saturated rings. The van der Waals surface area contributed by atoms with Gasteiger partial charge in [-0.05, 0) is 28.8 Å². The average Bonchev–Trinajstić information content (AvgIpc) is 2.38. The van der Waals surface area contributed by atoms with Crippen molar-refractivity contribution in [1.29, 1.82) is 0 Å². The van der Waals surface area contributed by atoms with Gasteiger partial charge >= 0.3 is 0 Å². The molecule has 0 N–H and O–H groups in total. The van der Waals surface area contributed by atoms with E-state index < -0.39 is 0 Å². The highest BCUT2D eigenvalue weighted by molar-refractivity contribution is 5.84. The van der Waals surface area contributed by atoms with Gasteiger partial charge in [0, 0.05) is 0 Å². The molecule has 0 aromatic heterocycles. The van der Waals surface area contributed by atoms with Gasteiger partial charge in [-0.15, -0.1) is 0 Å². The summed E-state index contributed by atoms with van der Waals surface area (Å²) in [6.07, 6.45) is 6.62. The number of benzene rings is 2. The molecule has 86 valence electrons. The van der Waals surface area contributed by atoms with Crippen molar-refractivity contribution in [2.24, 2.45) is 0 Å². The minimum absolute atomic E-state index is 0.688. The van der Waals surface area contributed by atoms with Crippen LogP contribution in [0, 0.1) is 0 Å². The van der Waals surface area contributed by atoms with Gasteiger partial charge in [0.1, 0.15) is 0 Å². The zero-order valence-electron chi connectivity index (χ0n) is 9.80. The van der Waals surface area contributed by atoms with Crippen LogP contribution in [0.15, 0.2) is 61.4 Å². The third kappa shape index (κ3) is 3.22. The van der Waals surface area contributed by atoms with E-state index in [4.69, 9.17) is 4.74 Å². The normalized spacial score (nSPS) is 10.8. The summed E-state index contributed by atoms with van der Waals surface area (Å²) in [5.41, 5.74) is 1.22. The Hall–Kier alpha value is -2.02. The minimum atomic E-state index is 0.688. The first kappa shape index (κ1) is 11.5. The molecule has 0 unspecified atom stereocenters. The van der Waals surface area contributed by atoms with Crippen LogP contribution in [-0.2, 0) is 4.74 Å². The smallest absolute Gasteiger partial charge is 0.0907 e. The molecule has 0 atom stereocenters. The largest absolute Gasteiger partial charge is 0.501 e. The van der Waals surface area contributed by atoms with Crippen LogP contribution in [0.4, 0.5) is 0 Å². The van der Waals surface area contributed by atoms with Crippen LogP contribution in [-0.4, -0.2) is 6.61 Å². The molecule has 0 aliphatic heterocycles. The van der Waals surface area contributed by atoms with E-state index in [9.17, 15) is 0 Å². The summed E-state index contributed by atoms with van der Waals surface area (Å²) in [4.78, 5) is 0. The van der Waals surface area contributed by atoms with E-state index >= 15 is 0 Å². The summed E-state index contributed by atoms with van der Waals surface area (Å²) in [7, 11) is 0. The fourth-order valence-electron chi connectivity index (χ4n) is 1.75. The lowest BCUT2D eigenvalue weighted by Crippen LogP contribution is -1.82. The Morgan fingerprint density at radius 3 is 2.71 bits per heavy atom. The topological polar surface area (TPSA) is 9.23 Å². The second-order valence-corrected chi connectivity index (χ2v) is 3.84. The van der Waals surface area contributed by atoms with Crippen LogP contribution in [0.5, 0.6) is 0 Å². The Morgan fingerprint density at radius 2 is 1.88 bits per heavy atom. The van der Waals surface area contributed by atoms with Crippen molar-refractivity contribution in [3.05, 3.63) is 66.9 Å². The lowest BCUT2D eigenvalue weighted by molar-refractivity contribution is 0.257. The zero-order chi connectivity index (χ0) is 11.9. The molecule has 0 saturated heterocycles. The Bertz CT molecular complexity index is 526. The molecule has 0 heterocycles. The van der Waals surface area contributed by atoms with Crippen LogP contribution < -0.4 is 0 Å². The second kappa shape index (κ2) is 5.90. The van der Waals surface area contributed by atoms with Gasteiger partial charge in [0.05, 0.1) is 12.9 Å². The summed E-state index contributed by atoms with van der Waals surface area (Å²) < 4.78 is 5.05. The maximum Gasteiger partial charge on any atom is 0.0907 e. The molecule has 0 bridgehead atoms. The monoisotopic (exact) mass is 224 g/mol. The molecule has 0 spiro atoms. The fraction of sp³-hybridized carbons (Fsp3) is 0.125. The molecule has 0 aliphatic carbocycles.